The molecule has 29 heavy (non-hydrogen) atoms. The predicted molar refractivity (Wildman–Crippen MR) is 117 cm³/mol. The van der Waals surface area contributed by atoms with Gasteiger partial charge in [-0.15, -0.1) is 11.3 Å². The molecule has 0 amide bonds. The first kappa shape index (κ1) is 16.3. The van der Waals surface area contributed by atoms with Gasteiger partial charge < -0.3 is 4.98 Å². The first-order valence-corrected chi connectivity index (χ1v) is 10.1. The van der Waals surface area contributed by atoms with Crippen molar-refractivity contribution in [2.24, 2.45) is 7.05 Å². The highest BCUT2D eigenvalue weighted by molar-refractivity contribution is 7.13. The number of aromatic amines is 2. The maximum atomic E-state index is 4.60. The van der Waals surface area contributed by atoms with E-state index in [4.69, 9.17) is 0 Å². The molecule has 0 bridgehead atoms. The van der Waals surface area contributed by atoms with Gasteiger partial charge >= 0.3 is 0 Å². The lowest BCUT2D eigenvalue weighted by molar-refractivity contribution is 0.768. The number of thiophene rings is 1. The minimum Gasteiger partial charge on any atom is -0.352 e. The molecule has 0 aliphatic carbocycles. The number of nitrogens with zero attached hydrogens (tertiary/aromatic N) is 4. The van der Waals surface area contributed by atoms with E-state index in [9.17, 15) is 0 Å². The van der Waals surface area contributed by atoms with Crippen LogP contribution in [0.2, 0.25) is 0 Å². The summed E-state index contributed by atoms with van der Waals surface area (Å²) in [6.45, 7) is 0. The number of pyridine rings is 1. The number of aryl methyl sites for hydroxylation is 1. The van der Waals surface area contributed by atoms with Crippen LogP contribution in [0.25, 0.3) is 54.8 Å². The van der Waals surface area contributed by atoms with Gasteiger partial charge in [0.25, 0.3) is 0 Å². The molecule has 0 saturated heterocycles. The minimum atomic E-state index is 0.902. The molecule has 0 saturated carbocycles. The predicted octanol–water partition coefficient (Wildman–Crippen LogP) is 5.24. The van der Waals surface area contributed by atoms with Crippen LogP contribution in [-0.4, -0.2) is 29.9 Å². The van der Waals surface area contributed by atoms with Crippen LogP contribution in [-0.2, 0) is 7.05 Å². The van der Waals surface area contributed by atoms with Gasteiger partial charge in [-0.2, -0.15) is 10.2 Å². The van der Waals surface area contributed by atoms with Gasteiger partial charge in [-0.25, -0.2) is 0 Å². The molecule has 6 nitrogen and oxygen atoms in total. The fourth-order valence-electron chi connectivity index (χ4n) is 3.78. The van der Waals surface area contributed by atoms with Crippen molar-refractivity contribution in [3.05, 3.63) is 66.6 Å². The van der Waals surface area contributed by atoms with Crippen LogP contribution in [0.4, 0.5) is 0 Å². The first-order chi connectivity index (χ1) is 14.3. The number of benzene rings is 1. The third kappa shape index (κ3) is 2.59. The van der Waals surface area contributed by atoms with Crippen molar-refractivity contribution >= 4 is 33.1 Å². The lowest BCUT2D eigenvalue weighted by atomic mass is 10.1. The number of fused-ring (bicyclic) bond motifs is 2. The summed E-state index contributed by atoms with van der Waals surface area (Å²) in [7, 11) is 1.93. The fourth-order valence-corrected chi connectivity index (χ4v) is 4.53. The number of aromatic nitrogens is 6. The Kier molecular flexibility index (Phi) is 3.45. The van der Waals surface area contributed by atoms with Crippen molar-refractivity contribution in [1.82, 2.24) is 29.9 Å². The summed E-state index contributed by atoms with van der Waals surface area (Å²) in [6.07, 6.45) is 7.69. The van der Waals surface area contributed by atoms with Crippen molar-refractivity contribution in [3.63, 3.8) is 0 Å². The second kappa shape index (κ2) is 6.15. The van der Waals surface area contributed by atoms with E-state index in [-0.39, 0.29) is 0 Å². The van der Waals surface area contributed by atoms with Crippen LogP contribution >= 0.6 is 11.3 Å². The summed E-state index contributed by atoms with van der Waals surface area (Å²) >= 11 is 1.72. The normalized spacial score (nSPS) is 11.6. The average molecular weight is 396 g/mol. The highest BCUT2D eigenvalue weighted by Gasteiger charge is 2.15. The lowest BCUT2D eigenvalue weighted by Gasteiger charge is -1.99. The van der Waals surface area contributed by atoms with Crippen molar-refractivity contribution in [1.29, 1.82) is 0 Å². The van der Waals surface area contributed by atoms with Gasteiger partial charge in [0.05, 0.1) is 29.1 Å². The van der Waals surface area contributed by atoms with E-state index in [0.29, 0.717) is 0 Å². The standard InChI is InChI=1S/C22H16N6S/c1-28-12-14(9-24-28)13-4-5-18-16(7-13)22(27-26-18)19-8-15-17(21-3-2-6-29-21)10-23-11-20(15)25-19/h2-12,25H,1H3,(H,26,27). The largest absolute Gasteiger partial charge is 0.352 e. The lowest BCUT2D eigenvalue weighted by Crippen LogP contribution is -1.84. The molecule has 0 radical (unpaired) electrons. The minimum absolute atomic E-state index is 0.902. The van der Waals surface area contributed by atoms with E-state index in [1.54, 1.807) is 11.3 Å². The van der Waals surface area contributed by atoms with Gasteiger partial charge in [-0.05, 0) is 35.2 Å². The van der Waals surface area contributed by atoms with Crippen molar-refractivity contribution in [2.45, 2.75) is 0 Å². The monoisotopic (exact) mass is 396 g/mol. The van der Waals surface area contributed by atoms with E-state index in [0.717, 1.165) is 49.9 Å². The van der Waals surface area contributed by atoms with Crippen LogP contribution in [0.1, 0.15) is 0 Å². The zero-order valence-corrected chi connectivity index (χ0v) is 16.4. The fraction of sp³-hybridized carbons (Fsp3) is 0.0455. The van der Waals surface area contributed by atoms with E-state index in [1.165, 1.54) is 4.88 Å². The summed E-state index contributed by atoms with van der Waals surface area (Å²) in [4.78, 5) is 9.13. The molecule has 6 aromatic rings. The van der Waals surface area contributed by atoms with E-state index in [1.807, 2.05) is 36.5 Å². The van der Waals surface area contributed by atoms with Crippen molar-refractivity contribution < 1.29 is 0 Å². The molecule has 0 atom stereocenters. The number of hydrogen-bond donors (Lipinski definition) is 2. The Labute approximate surface area is 169 Å². The molecule has 7 heteroatoms. The van der Waals surface area contributed by atoms with E-state index < -0.39 is 0 Å². The molecule has 5 heterocycles. The zero-order valence-electron chi connectivity index (χ0n) is 15.5. The molecule has 2 N–H and O–H groups in total. The number of nitrogens with one attached hydrogen (secondary N) is 2. The Balaban J connectivity index is 1.53. The molecule has 0 spiro atoms. The molecule has 140 valence electrons. The van der Waals surface area contributed by atoms with Crippen LogP contribution in [0.5, 0.6) is 0 Å². The second-order valence-electron chi connectivity index (χ2n) is 7.04. The summed E-state index contributed by atoms with van der Waals surface area (Å²) < 4.78 is 1.81. The molecular weight excluding hydrogens is 380 g/mol. The maximum Gasteiger partial charge on any atom is 0.116 e. The summed E-state index contributed by atoms with van der Waals surface area (Å²) in [6, 6.07) is 12.7. The second-order valence-corrected chi connectivity index (χ2v) is 7.99. The maximum absolute atomic E-state index is 4.60. The third-order valence-electron chi connectivity index (χ3n) is 5.19. The van der Waals surface area contributed by atoms with Gasteiger partial charge in [0.1, 0.15) is 5.69 Å². The Morgan fingerprint density at radius 3 is 2.76 bits per heavy atom. The molecule has 0 fully saturated rings. The molecule has 0 unspecified atom stereocenters. The van der Waals surface area contributed by atoms with Crippen molar-refractivity contribution in [2.75, 3.05) is 0 Å². The molecule has 0 aliphatic heterocycles. The Bertz CT molecular complexity index is 1470. The average Bonchev–Trinajstić information content (AvgIpc) is 3.51. The first-order valence-electron chi connectivity index (χ1n) is 9.24. The van der Waals surface area contributed by atoms with E-state index >= 15 is 0 Å². The highest BCUT2D eigenvalue weighted by Crippen LogP contribution is 2.35. The SMILES string of the molecule is Cn1cc(-c2ccc3[nH]nc(-c4cc5c(-c6cccs6)cncc5[nH]4)c3c2)cn1. The highest BCUT2D eigenvalue weighted by atomic mass is 32.1. The smallest absolute Gasteiger partial charge is 0.116 e. The van der Waals surface area contributed by atoms with Crippen LogP contribution in [0.3, 0.4) is 0 Å². The summed E-state index contributed by atoms with van der Waals surface area (Å²) in [5, 5.41) is 16.3. The van der Waals surface area contributed by atoms with Crippen LogP contribution < -0.4 is 0 Å². The zero-order chi connectivity index (χ0) is 19.4. The Morgan fingerprint density at radius 2 is 1.93 bits per heavy atom. The van der Waals surface area contributed by atoms with Crippen molar-refractivity contribution in [3.8, 4) is 33.0 Å². The third-order valence-corrected chi connectivity index (χ3v) is 6.09. The molecular formula is C22H16N6S. The molecule has 6 rings (SSSR count). The van der Waals surface area contributed by atoms with Gasteiger partial charge in [0.2, 0.25) is 0 Å². The Hall–Kier alpha value is -3.71. The molecule has 0 aliphatic rings. The van der Waals surface area contributed by atoms with Gasteiger partial charge in [0.15, 0.2) is 0 Å². The van der Waals surface area contributed by atoms with Crippen LogP contribution in [0.15, 0.2) is 66.6 Å². The van der Waals surface area contributed by atoms with E-state index in [2.05, 4.69) is 67.0 Å². The number of hydrogen-bond acceptors (Lipinski definition) is 4. The van der Waals surface area contributed by atoms with Gasteiger partial charge in [-0.3, -0.25) is 14.8 Å². The summed E-state index contributed by atoms with van der Waals surface area (Å²) in [5.41, 5.74) is 7.22. The number of rotatable bonds is 3. The summed E-state index contributed by atoms with van der Waals surface area (Å²) in [5.74, 6) is 0. The van der Waals surface area contributed by atoms with Gasteiger partial charge in [0, 0.05) is 46.2 Å². The number of H-pyrrole nitrogens is 2. The van der Waals surface area contributed by atoms with Gasteiger partial charge in [-0.1, -0.05) is 12.1 Å². The Morgan fingerprint density at radius 1 is 0.966 bits per heavy atom. The topological polar surface area (TPSA) is 75.2 Å². The molecule has 1 aromatic carbocycles. The molecule has 5 aromatic heterocycles. The van der Waals surface area contributed by atoms with Crippen LogP contribution in [0, 0.1) is 0 Å². The quantitative estimate of drug-likeness (QED) is 0.430.